The minimum Gasteiger partial charge on any atom is -0.493 e. The highest BCUT2D eigenvalue weighted by Gasteiger charge is 2.20. The van der Waals surface area contributed by atoms with Crippen molar-refractivity contribution in [3.05, 3.63) is 58.7 Å². The Bertz CT molecular complexity index is 696. The molecule has 0 radical (unpaired) electrons. The van der Waals surface area contributed by atoms with Gasteiger partial charge in [0.05, 0.1) is 25.3 Å². The maximum atomic E-state index is 14.0. The predicted molar refractivity (Wildman–Crippen MR) is 74.1 cm³/mol. The molecule has 0 N–H and O–H groups in total. The normalized spacial score (nSPS) is 10.3. The summed E-state index contributed by atoms with van der Waals surface area (Å²) < 4.78 is 37.8. The zero-order valence-corrected chi connectivity index (χ0v) is 11.9. The van der Waals surface area contributed by atoms with Gasteiger partial charge in [0.25, 0.3) is 0 Å². The van der Waals surface area contributed by atoms with Crippen LogP contribution in [0.4, 0.5) is 8.78 Å². The summed E-state index contributed by atoms with van der Waals surface area (Å²) in [5.41, 5.74) is 0.221. The van der Waals surface area contributed by atoms with Crippen molar-refractivity contribution in [3.63, 3.8) is 0 Å². The lowest BCUT2D eigenvalue weighted by molar-refractivity contribution is 0.103. The summed E-state index contributed by atoms with van der Waals surface area (Å²) in [6, 6.07) is 6.40. The maximum absolute atomic E-state index is 14.0. The van der Waals surface area contributed by atoms with E-state index in [-0.39, 0.29) is 22.6 Å². The second-order valence-corrected chi connectivity index (χ2v) is 4.50. The first-order valence-corrected chi connectivity index (χ1v) is 6.20. The largest absolute Gasteiger partial charge is 0.493 e. The van der Waals surface area contributed by atoms with E-state index >= 15 is 0 Å². The van der Waals surface area contributed by atoms with Gasteiger partial charge in [-0.05, 0) is 30.7 Å². The Morgan fingerprint density at radius 3 is 2.05 bits per heavy atom. The van der Waals surface area contributed by atoms with Gasteiger partial charge in [-0.2, -0.15) is 0 Å². The zero-order valence-electron chi connectivity index (χ0n) is 11.9. The summed E-state index contributed by atoms with van der Waals surface area (Å²) in [6.45, 7) is 1.70. The summed E-state index contributed by atoms with van der Waals surface area (Å²) in [5, 5.41) is 0. The third-order valence-electron chi connectivity index (χ3n) is 3.09. The monoisotopic (exact) mass is 292 g/mol. The van der Waals surface area contributed by atoms with Crippen LogP contribution in [0.3, 0.4) is 0 Å². The lowest BCUT2D eigenvalue weighted by Crippen LogP contribution is -2.08. The first kappa shape index (κ1) is 15.0. The van der Waals surface area contributed by atoms with Gasteiger partial charge >= 0.3 is 0 Å². The molecular formula is C16H14F2O3. The van der Waals surface area contributed by atoms with Crippen LogP contribution in [0.1, 0.15) is 21.5 Å². The molecule has 3 nitrogen and oxygen atoms in total. The van der Waals surface area contributed by atoms with Gasteiger partial charge in [-0.1, -0.05) is 6.07 Å². The Hall–Kier alpha value is -2.43. The molecule has 2 rings (SSSR count). The molecule has 2 aromatic carbocycles. The number of carbonyl (C=O) groups is 1. The van der Waals surface area contributed by atoms with E-state index in [1.54, 1.807) is 13.0 Å². The van der Waals surface area contributed by atoms with Crippen molar-refractivity contribution >= 4 is 5.78 Å². The molecule has 0 unspecified atom stereocenters. The van der Waals surface area contributed by atoms with Crippen molar-refractivity contribution in [2.24, 2.45) is 0 Å². The Morgan fingerprint density at radius 2 is 1.48 bits per heavy atom. The third kappa shape index (κ3) is 2.86. The fourth-order valence-corrected chi connectivity index (χ4v) is 1.98. The lowest BCUT2D eigenvalue weighted by atomic mass is 10.0. The van der Waals surface area contributed by atoms with Gasteiger partial charge in [-0.3, -0.25) is 4.79 Å². The minimum atomic E-state index is -0.794. The van der Waals surface area contributed by atoms with E-state index in [1.807, 2.05) is 0 Å². The van der Waals surface area contributed by atoms with Crippen LogP contribution in [0.5, 0.6) is 11.5 Å². The predicted octanol–water partition coefficient (Wildman–Crippen LogP) is 3.52. The molecule has 2 aromatic rings. The van der Waals surface area contributed by atoms with Crippen molar-refractivity contribution in [2.45, 2.75) is 6.92 Å². The molecule has 0 bridgehead atoms. The molecule has 0 saturated heterocycles. The molecule has 21 heavy (non-hydrogen) atoms. The Morgan fingerprint density at radius 1 is 0.905 bits per heavy atom. The number of ether oxygens (including phenoxy) is 2. The van der Waals surface area contributed by atoms with Crippen molar-refractivity contribution in [1.29, 1.82) is 0 Å². The van der Waals surface area contributed by atoms with Gasteiger partial charge in [0.15, 0.2) is 17.3 Å². The van der Waals surface area contributed by atoms with Gasteiger partial charge in [0.1, 0.15) is 11.6 Å². The van der Waals surface area contributed by atoms with E-state index in [2.05, 4.69) is 0 Å². The highest BCUT2D eigenvalue weighted by atomic mass is 19.1. The summed E-state index contributed by atoms with van der Waals surface area (Å²) >= 11 is 0. The molecule has 0 aliphatic carbocycles. The van der Waals surface area contributed by atoms with Gasteiger partial charge in [-0.25, -0.2) is 8.78 Å². The molecule has 0 aromatic heterocycles. The number of rotatable bonds is 4. The minimum absolute atomic E-state index is 0.163. The topological polar surface area (TPSA) is 35.5 Å². The molecule has 0 aliphatic rings. The number of aryl methyl sites for hydroxylation is 1. The van der Waals surface area contributed by atoms with Crippen LogP contribution in [-0.2, 0) is 0 Å². The van der Waals surface area contributed by atoms with Crippen LogP contribution in [0.2, 0.25) is 0 Å². The summed E-state index contributed by atoms with van der Waals surface area (Å²) in [6.07, 6.45) is 0. The Labute approximate surface area is 121 Å². The summed E-state index contributed by atoms with van der Waals surface area (Å²) in [5.74, 6) is -1.86. The summed E-state index contributed by atoms with van der Waals surface area (Å²) in [4.78, 5) is 12.3. The second kappa shape index (κ2) is 5.91. The van der Waals surface area contributed by atoms with Crippen LogP contribution < -0.4 is 9.47 Å². The smallest absolute Gasteiger partial charge is 0.199 e. The highest BCUT2D eigenvalue weighted by Crippen LogP contribution is 2.31. The molecule has 0 heterocycles. The fraction of sp³-hybridized carbons (Fsp3) is 0.188. The molecule has 0 spiro atoms. The fourth-order valence-electron chi connectivity index (χ4n) is 1.98. The quantitative estimate of drug-likeness (QED) is 0.809. The van der Waals surface area contributed by atoms with Crippen molar-refractivity contribution < 1.29 is 23.0 Å². The third-order valence-corrected chi connectivity index (χ3v) is 3.09. The van der Waals surface area contributed by atoms with E-state index in [9.17, 15) is 13.6 Å². The highest BCUT2D eigenvalue weighted by molar-refractivity contribution is 6.09. The van der Waals surface area contributed by atoms with Crippen molar-refractivity contribution in [3.8, 4) is 11.5 Å². The van der Waals surface area contributed by atoms with Crippen LogP contribution in [0.15, 0.2) is 30.3 Å². The Balaban J connectivity index is 2.53. The van der Waals surface area contributed by atoms with E-state index in [4.69, 9.17) is 9.47 Å². The SMILES string of the molecule is COc1cc(F)c(C(=O)c2ccc(C)cc2F)cc1OC. The second-order valence-electron chi connectivity index (χ2n) is 4.50. The van der Waals surface area contributed by atoms with Gasteiger partial charge in [-0.15, -0.1) is 0 Å². The first-order valence-electron chi connectivity index (χ1n) is 6.20. The summed E-state index contributed by atoms with van der Waals surface area (Å²) in [7, 11) is 2.73. The van der Waals surface area contributed by atoms with Crippen molar-refractivity contribution in [1.82, 2.24) is 0 Å². The number of methoxy groups -OCH3 is 2. The molecule has 110 valence electrons. The number of ketones is 1. The number of hydrogen-bond donors (Lipinski definition) is 0. The first-order chi connectivity index (χ1) is 9.97. The molecule has 0 saturated carbocycles. The Kier molecular flexibility index (Phi) is 4.21. The maximum Gasteiger partial charge on any atom is 0.199 e. The molecule has 5 heteroatoms. The van der Waals surface area contributed by atoms with Gasteiger partial charge in [0, 0.05) is 6.07 Å². The van der Waals surface area contributed by atoms with Crippen LogP contribution >= 0.6 is 0 Å². The van der Waals surface area contributed by atoms with Gasteiger partial charge < -0.3 is 9.47 Å². The van der Waals surface area contributed by atoms with Crippen LogP contribution in [-0.4, -0.2) is 20.0 Å². The molecule has 0 fully saturated rings. The van der Waals surface area contributed by atoms with Crippen molar-refractivity contribution in [2.75, 3.05) is 14.2 Å². The van der Waals surface area contributed by atoms with Crippen LogP contribution in [0.25, 0.3) is 0 Å². The van der Waals surface area contributed by atoms with E-state index in [0.717, 1.165) is 6.07 Å². The number of hydrogen-bond acceptors (Lipinski definition) is 3. The van der Waals surface area contributed by atoms with E-state index in [1.165, 1.54) is 32.4 Å². The number of carbonyl (C=O) groups excluding carboxylic acids is 1. The molecule has 0 aliphatic heterocycles. The molecular weight excluding hydrogens is 278 g/mol. The average Bonchev–Trinajstić information content (AvgIpc) is 2.46. The molecule has 0 amide bonds. The zero-order chi connectivity index (χ0) is 15.6. The average molecular weight is 292 g/mol. The lowest BCUT2D eigenvalue weighted by Gasteiger charge is -2.11. The number of halogens is 2. The van der Waals surface area contributed by atoms with Gasteiger partial charge in [0.2, 0.25) is 0 Å². The molecule has 0 atom stereocenters. The number of benzene rings is 2. The standard InChI is InChI=1S/C16H14F2O3/c1-9-4-5-10(12(17)6-9)16(19)11-7-14(20-2)15(21-3)8-13(11)18/h4-8H,1-3H3. The van der Waals surface area contributed by atoms with Crippen LogP contribution in [0, 0.1) is 18.6 Å². The van der Waals surface area contributed by atoms with E-state index in [0.29, 0.717) is 5.56 Å². The van der Waals surface area contributed by atoms with E-state index < -0.39 is 17.4 Å².